The number of rotatable bonds is 5. The van der Waals surface area contributed by atoms with Gasteiger partial charge in [0.15, 0.2) is 9.84 Å². The molecule has 0 atom stereocenters. The molecule has 1 heterocycles. The average Bonchev–Trinajstić information content (AvgIpc) is 3.02. The molecular formula is C20H23N3O3S. The van der Waals surface area contributed by atoms with E-state index in [4.69, 9.17) is 0 Å². The molecule has 0 aliphatic rings. The van der Waals surface area contributed by atoms with Gasteiger partial charge in [-0.05, 0) is 49.7 Å². The largest absolute Gasteiger partial charge is 0.338 e. The Morgan fingerprint density at radius 2 is 1.67 bits per heavy atom. The highest BCUT2D eigenvalue weighted by Crippen LogP contribution is 2.28. The van der Waals surface area contributed by atoms with E-state index in [1.807, 2.05) is 38.1 Å². The van der Waals surface area contributed by atoms with E-state index in [2.05, 4.69) is 5.10 Å². The van der Waals surface area contributed by atoms with E-state index >= 15 is 0 Å². The quantitative estimate of drug-likeness (QED) is 0.676. The van der Waals surface area contributed by atoms with E-state index < -0.39 is 9.84 Å². The second kappa shape index (κ2) is 7.15. The first-order chi connectivity index (χ1) is 12.8. The highest BCUT2D eigenvalue weighted by molar-refractivity contribution is 7.90. The molecule has 142 valence electrons. The molecule has 0 bridgehead atoms. The summed E-state index contributed by atoms with van der Waals surface area (Å²) in [5, 5.41) is 6.14. The van der Waals surface area contributed by atoms with Crippen LogP contribution in [0.5, 0.6) is 0 Å². The number of carbonyl (C=O) groups excluding carboxylic acids is 1. The van der Waals surface area contributed by atoms with E-state index in [1.54, 1.807) is 30.0 Å². The fourth-order valence-electron chi connectivity index (χ4n) is 3.18. The summed E-state index contributed by atoms with van der Waals surface area (Å²) in [6.45, 7) is 6.74. The van der Waals surface area contributed by atoms with E-state index in [0.717, 1.165) is 10.8 Å². The van der Waals surface area contributed by atoms with Gasteiger partial charge >= 0.3 is 0 Å². The summed E-state index contributed by atoms with van der Waals surface area (Å²) in [4.78, 5) is 14.8. The Morgan fingerprint density at radius 3 is 2.22 bits per heavy atom. The molecule has 0 unspecified atom stereocenters. The van der Waals surface area contributed by atoms with Gasteiger partial charge in [0, 0.05) is 19.3 Å². The molecule has 3 rings (SSSR count). The van der Waals surface area contributed by atoms with Crippen molar-refractivity contribution in [3.05, 3.63) is 53.9 Å². The maximum Gasteiger partial charge on any atom is 0.272 e. The normalized spacial score (nSPS) is 11.7. The Labute approximate surface area is 159 Å². The minimum absolute atomic E-state index is 0.151. The lowest BCUT2D eigenvalue weighted by molar-refractivity contribution is 0.0763. The maximum atomic E-state index is 13.0. The number of aryl methyl sites for hydroxylation is 1. The zero-order valence-corrected chi connectivity index (χ0v) is 16.7. The van der Waals surface area contributed by atoms with Crippen LogP contribution < -0.4 is 0 Å². The predicted molar refractivity (Wildman–Crippen MR) is 106 cm³/mol. The van der Waals surface area contributed by atoms with E-state index in [0.29, 0.717) is 30.2 Å². The average molecular weight is 385 g/mol. The third-order valence-corrected chi connectivity index (χ3v) is 5.68. The summed E-state index contributed by atoms with van der Waals surface area (Å²) in [5.74, 6) is -0.173. The van der Waals surface area contributed by atoms with E-state index in [1.165, 1.54) is 10.9 Å². The zero-order chi connectivity index (χ0) is 19.8. The van der Waals surface area contributed by atoms with Crippen molar-refractivity contribution >= 4 is 26.5 Å². The monoisotopic (exact) mass is 385 g/mol. The molecule has 0 radical (unpaired) electrons. The number of sulfone groups is 1. The number of benzene rings is 2. The van der Waals surface area contributed by atoms with Gasteiger partial charge in [-0.1, -0.05) is 24.3 Å². The third kappa shape index (κ3) is 3.60. The molecule has 0 spiro atoms. The van der Waals surface area contributed by atoms with Gasteiger partial charge in [0.25, 0.3) is 5.91 Å². The van der Waals surface area contributed by atoms with Crippen LogP contribution in [0.4, 0.5) is 0 Å². The summed E-state index contributed by atoms with van der Waals surface area (Å²) in [5.41, 5.74) is 1.40. The van der Waals surface area contributed by atoms with Gasteiger partial charge in [-0.15, -0.1) is 0 Å². The molecule has 7 heteroatoms. The molecule has 1 amide bonds. The molecule has 0 fully saturated rings. The zero-order valence-electron chi connectivity index (χ0n) is 15.9. The highest BCUT2D eigenvalue weighted by atomic mass is 32.2. The van der Waals surface area contributed by atoms with Crippen LogP contribution in [0.2, 0.25) is 0 Å². The molecule has 0 N–H and O–H groups in total. The first-order valence-electron chi connectivity index (χ1n) is 8.85. The Morgan fingerprint density at radius 1 is 1.07 bits per heavy atom. The second-order valence-corrected chi connectivity index (χ2v) is 8.48. The number of carbonyl (C=O) groups is 1. The van der Waals surface area contributed by atoms with Crippen molar-refractivity contribution < 1.29 is 13.2 Å². The van der Waals surface area contributed by atoms with Gasteiger partial charge in [0.2, 0.25) is 0 Å². The summed E-state index contributed by atoms with van der Waals surface area (Å²) >= 11 is 0. The molecule has 0 aliphatic carbocycles. The Balaban J connectivity index is 2.31. The summed E-state index contributed by atoms with van der Waals surface area (Å²) in [6.07, 6.45) is 1.17. The molecular weight excluding hydrogens is 362 g/mol. The smallest absolute Gasteiger partial charge is 0.272 e. The number of fused-ring (bicyclic) bond motifs is 1. The number of hydrogen-bond acceptors (Lipinski definition) is 4. The summed E-state index contributed by atoms with van der Waals surface area (Å²) in [6, 6.07) is 12.6. The van der Waals surface area contributed by atoms with Gasteiger partial charge in [-0.3, -0.25) is 4.79 Å². The maximum absolute atomic E-state index is 13.0. The predicted octanol–water partition coefficient (Wildman–Crippen LogP) is 3.22. The van der Waals surface area contributed by atoms with Crippen LogP contribution in [-0.2, 0) is 9.84 Å². The fourth-order valence-corrected chi connectivity index (χ4v) is 4.04. The van der Waals surface area contributed by atoms with Crippen LogP contribution in [0, 0.1) is 6.92 Å². The Hall–Kier alpha value is -2.67. The van der Waals surface area contributed by atoms with Crippen LogP contribution in [0.25, 0.3) is 16.5 Å². The number of hydrogen-bond donors (Lipinski definition) is 0. The van der Waals surface area contributed by atoms with Crippen molar-refractivity contribution in [3.63, 3.8) is 0 Å². The SMILES string of the molecule is CCN(CC)C(=O)c1cc(C)nn1-c1cc2ccccc2cc1S(C)(=O)=O. The van der Waals surface area contributed by atoms with Crippen LogP contribution >= 0.6 is 0 Å². The Kier molecular flexibility index (Phi) is 5.06. The molecule has 2 aromatic carbocycles. The number of amides is 1. The minimum Gasteiger partial charge on any atom is -0.338 e. The lowest BCUT2D eigenvalue weighted by Gasteiger charge is -2.20. The summed E-state index contributed by atoms with van der Waals surface area (Å²) < 4.78 is 26.4. The lowest BCUT2D eigenvalue weighted by atomic mass is 10.1. The Bertz CT molecular complexity index is 1110. The first-order valence-corrected chi connectivity index (χ1v) is 10.7. The van der Waals surface area contributed by atoms with Gasteiger partial charge in [-0.25, -0.2) is 13.1 Å². The molecule has 0 saturated heterocycles. The van der Waals surface area contributed by atoms with Crippen molar-refractivity contribution in [1.29, 1.82) is 0 Å². The first kappa shape index (κ1) is 19.1. The van der Waals surface area contributed by atoms with Gasteiger partial charge in [0.1, 0.15) is 5.69 Å². The van der Waals surface area contributed by atoms with Crippen LogP contribution in [0.15, 0.2) is 47.4 Å². The fraction of sp³-hybridized carbons (Fsp3) is 0.300. The molecule has 27 heavy (non-hydrogen) atoms. The van der Waals surface area contributed by atoms with Crippen LogP contribution in [0.1, 0.15) is 30.0 Å². The molecule has 0 saturated carbocycles. The molecule has 3 aromatic rings. The van der Waals surface area contributed by atoms with Gasteiger partial charge in [-0.2, -0.15) is 5.10 Å². The van der Waals surface area contributed by atoms with Crippen molar-refractivity contribution in [2.75, 3.05) is 19.3 Å². The third-order valence-electron chi connectivity index (χ3n) is 4.56. The highest BCUT2D eigenvalue weighted by Gasteiger charge is 2.24. The van der Waals surface area contributed by atoms with Crippen molar-refractivity contribution in [1.82, 2.24) is 14.7 Å². The lowest BCUT2D eigenvalue weighted by Crippen LogP contribution is -2.32. The minimum atomic E-state index is -3.52. The molecule has 6 nitrogen and oxygen atoms in total. The molecule has 0 aliphatic heterocycles. The van der Waals surface area contributed by atoms with Crippen LogP contribution in [0.3, 0.4) is 0 Å². The van der Waals surface area contributed by atoms with Crippen molar-refractivity contribution in [2.24, 2.45) is 0 Å². The summed E-state index contributed by atoms with van der Waals surface area (Å²) in [7, 11) is -3.52. The molecule has 1 aromatic heterocycles. The standard InChI is InChI=1S/C20H23N3O3S/c1-5-22(6-2)20(24)18-11-14(3)21-23(18)17-12-15-9-7-8-10-16(15)13-19(17)27(4,25)26/h7-13H,5-6H2,1-4H3. The number of aromatic nitrogens is 2. The van der Waals surface area contributed by atoms with Crippen molar-refractivity contribution in [3.8, 4) is 5.69 Å². The van der Waals surface area contributed by atoms with Crippen molar-refractivity contribution in [2.45, 2.75) is 25.7 Å². The van der Waals surface area contributed by atoms with Crippen LogP contribution in [-0.4, -0.2) is 48.4 Å². The van der Waals surface area contributed by atoms with E-state index in [9.17, 15) is 13.2 Å². The van der Waals surface area contributed by atoms with E-state index in [-0.39, 0.29) is 10.8 Å². The number of nitrogens with zero attached hydrogens (tertiary/aromatic N) is 3. The second-order valence-electron chi connectivity index (χ2n) is 6.50. The van der Waals surface area contributed by atoms with Gasteiger partial charge in [0.05, 0.1) is 16.3 Å². The van der Waals surface area contributed by atoms with Gasteiger partial charge < -0.3 is 4.90 Å². The topological polar surface area (TPSA) is 72.3 Å².